The van der Waals surface area contributed by atoms with Gasteiger partial charge in [0.05, 0.1) is 0 Å². The molecule has 4 aromatic rings. The second kappa shape index (κ2) is 8.95. The van der Waals surface area contributed by atoms with Crippen LogP contribution in [0.5, 0.6) is 0 Å². The Hall–Kier alpha value is -4.10. The highest BCUT2D eigenvalue weighted by Crippen LogP contribution is 2.25. The van der Waals surface area contributed by atoms with Crippen molar-refractivity contribution in [3.8, 4) is 6.07 Å². The molecule has 0 bridgehead atoms. The standard InChI is InChI=1S/C28H25N3O/c1-19-7-6-8-22(12-19)17-31-18-24(26-9-4-5-10-27(26)31)15-23(16-29)28(32)30-25-13-20(2)11-21(3)14-25/h4-15,18H,17H2,1-3H3,(H,30,32)/b23-15-. The highest BCUT2D eigenvalue weighted by atomic mass is 16.1. The number of anilines is 1. The monoisotopic (exact) mass is 419 g/mol. The van der Waals surface area contributed by atoms with E-state index in [2.05, 4.69) is 53.2 Å². The van der Waals surface area contributed by atoms with Gasteiger partial charge in [-0.05, 0) is 61.7 Å². The third kappa shape index (κ3) is 4.63. The minimum absolute atomic E-state index is 0.0719. The lowest BCUT2D eigenvalue weighted by molar-refractivity contribution is -0.112. The van der Waals surface area contributed by atoms with E-state index in [1.165, 1.54) is 11.1 Å². The van der Waals surface area contributed by atoms with Gasteiger partial charge in [-0.3, -0.25) is 4.79 Å². The molecule has 1 aromatic heterocycles. The number of benzene rings is 3. The second-order valence-electron chi connectivity index (χ2n) is 8.22. The molecule has 4 rings (SSSR count). The minimum Gasteiger partial charge on any atom is -0.342 e. The Morgan fingerprint density at radius 2 is 1.72 bits per heavy atom. The molecule has 32 heavy (non-hydrogen) atoms. The Balaban J connectivity index is 1.68. The van der Waals surface area contributed by atoms with E-state index in [0.717, 1.165) is 27.6 Å². The molecular formula is C28H25N3O. The first-order valence-electron chi connectivity index (χ1n) is 10.6. The largest absolute Gasteiger partial charge is 0.342 e. The van der Waals surface area contributed by atoms with Crippen molar-refractivity contribution in [1.82, 2.24) is 4.57 Å². The first-order chi connectivity index (χ1) is 15.4. The molecule has 0 aliphatic carbocycles. The van der Waals surface area contributed by atoms with Gasteiger partial charge in [-0.25, -0.2) is 0 Å². The van der Waals surface area contributed by atoms with Crippen LogP contribution < -0.4 is 5.32 Å². The summed E-state index contributed by atoms with van der Waals surface area (Å²) in [6.45, 7) is 6.76. The molecule has 0 saturated carbocycles. The third-order valence-electron chi connectivity index (χ3n) is 5.40. The summed E-state index contributed by atoms with van der Waals surface area (Å²) in [7, 11) is 0. The van der Waals surface area contributed by atoms with Crippen LogP contribution in [0.25, 0.3) is 17.0 Å². The molecule has 1 amide bonds. The Morgan fingerprint density at radius 3 is 2.44 bits per heavy atom. The predicted octanol–water partition coefficient (Wildman–Crippen LogP) is 6.16. The van der Waals surface area contributed by atoms with E-state index in [9.17, 15) is 10.1 Å². The molecule has 0 saturated heterocycles. The zero-order chi connectivity index (χ0) is 22.7. The van der Waals surface area contributed by atoms with Crippen molar-refractivity contribution in [2.75, 3.05) is 5.32 Å². The number of para-hydroxylation sites is 1. The second-order valence-corrected chi connectivity index (χ2v) is 8.22. The lowest BCUT2D eigenvalue weighted by Crippen LogP contribution is -2.13. The Bertz CT molecular complexity index is 1370. The first-order valence-corrected chi connectivity index (χ1v) is 10.6. The van der Waals surface area contributed by atoms with Crippen molar-refractivity contribution < 1.29 is 4.79 Å². The molecule has 4 heteroatoms. The molecule has 0 aliphatic heterocycles. The fraction of sp³-hybridized carbons (Fsp3) is 0.143. The van der Waals surface area contributed by atoms with E-state index < -0.39 is 5.91 Å². The number of aryl methyl sites for hydroxylation is 3. The molecule has 0 radical (unpaired) electrons. The molecule has 3 aromatic carbocycles. The van der Waals surface area contributed by atoms with Gasteiger partial charge >= 0.3 is 0 Å². The van der Waals surface area contributed by atoms with Gasteiger partial charge in [-0.15, -0.1) is 0 Å². The van der Waals surface area contributed by atoms with Crippen LogP contribution in [-0.4, -0.2) is 10.5 Å². The molecule has 0 unspecified atom stereocenters. The number of amides is 1. The number of hydrogen-bond acceptors (Lipinski definition) is 2. The SMILES string of the molecule is Cc1cccc(Cn2cc(/C=C(/C#N)C(=O)Nc3cc(C)cc(C)c3)c3ccccc32)c1. The fourth-order valence-corrected chi connectivity index (χ4v) is 4.08. The lowest BCUT2D eigenvalue weighted by Gasteiger charge is -2.07. The molecular weight excluding hydrogens is 394 g/mol. The highest BCUT2D eigenvalue weighted by Gasteiger charge is 2.13. The van der Waals surface area contributed by atoms with E-state index in [0.29, 0.717) is 12.2 Å². The van der Waals surface area contributed by atoms with E-state index in [1.54, 1.807) is 6.08 Å². The van der Waals surface area contributed by atoms with Crippen LogP contribution in [0.3, 0.4) is 0 Å². The van der Waals surface area contributed by atoms with Crippen molar-refractivity contribution in [1.29, 1.82) is 5.26 Å². The predicted molar refractivity (Wildman–Crippen MR) is 130 cm³/mol. The van der Waals surface area contributed by atoms with Crippen molar-refractivity contribution in [2.45, 2.75) is 27.3 Å². The Labute approximate surface area is 188 Å². The maximum atomic E-state index is 12.8. The average Bonchev–Trinajstić information content (AvgIpc) is 3.08. The van der Waals surface area contributed by atoms with Crippen molar-refractivity contribution in [3.63, 3.8) is 0 Å². The quantitative estimate of drug-likeness (QED) is 0.311. The van der Waals surface area contributed by atoms with E-state index in [4.69, 9.17) is 0 Å². The molecule has 158 valence electrons. The van der Waals surface area contributed by atoms with Crippen LogP contribution in [-0.2, 0) is 11.3 Å². The number of rotatable bonds is 5. The zero-order valence-corrected chi connectivity index (χ0v) is 18.5. The van der Waals surface area contributed by atoms with Crippen LogP contribution >= 0.6 is 0 Å². The van der Waals surface area contributed by atoms with Gasteiger partial charge in [0.15, 0.2) is 0 Å². The van der Waals surface area contributed by atoms with Crippen molar-refractivity contribution in [3.05, 3.63) is 106 Å². The summed E-state index contributed by atoms with van der Waals surface area (Å²) in [5.74, 6) is -0.409. The van der Waals surface area contributed by atoms with Crippen LogP contribution in [0.2, 0.25) is 0 Å². The van der Waals surface area contributed by atoms with Crippen molar-refractivity contribution >= 4 is 28.6 Å². The van der Waals surface area contributed by atoms with Gasteiger partial charge in [0.25, 0.3) is 5.91 Å². The number of carbonyl (C=O) groups excluding carboxylic acids is 1. The minimum atomic E-state index is -0.409. The van der Waals surface area contributed by atoms with E-state index in [-0.39, 0.29) is 5.57 Å². The van der Waals surface area contributed by atoms with Gasteiger partial charge in [0.1, 0.15) is 11.6 Å². The topological polar surface area (TPSA) is 57.8 Å². The summed E-state index contributed by atoms with van der Waals surface area (Å²) in [5, 5.41) is 13.6. The smallest absolute Gasteiger partial charge is 0.266 e. The molecule has 1 heterocycles. The summed E-state index contributed by atoms with van der Waals surface area (Å²) in [5.41, 5.74) is 7.21. The zero-order valence-electron chi connectivity index (χ0n) is 18.5. The average molecular weight is 420 g/mol. The van der Waals surface area contributed by atoms with Crippen molar-refractivity contribution in [2.24, 2.45) is 0 Å². The van der Waals surface area contributed by atoms with Gasteiger partial charge in [0.2, 0.25) is 0 Å². The van der Waals surface area contributed by atoms with Gasteiger partial charge in [0, 0.05) is 34.9 Å². The summed E-state index contributed by atoms with van der Waals surface area (Å²) in [6, 6.07) is 24.4. The summed E-state index contributed by atoms with van der Waals surface area (Å²) >= 11 is 0. The maximum Gasteiger partial charge on any atom is 0.266 e. The van der Waals surface area contributed by atoms with Crippen LogP contribution in [0.1, 0.15) is 27.8 Å². The number of fused-ring (bicyclic) bond motifs is 1. The number of hydrogen-bond donors (Lipinski definition) is 1. The number of carbonyl (C=O) groups is 1. The summed E-state index contributed by atoms with van der Waals surface area (Å²) in [6.07, 6.45) is 3.68. The van der Waals surface area contributed by atoms with Gasteiger partial charge in [-0.2, -0.15) is 5.26 Å². The van der Waals surface area contributed by atoms with Crippen LogP contribution in [0, 0.1) is 32.1 Å². The summed E-state index contributed by atoms with van der Waals surface area (Å²) in [4.78, 5) is 12.8. The highest BCUT2D eigenvalue weighted by molar-refractivity contribution is 6.10. The molecule has 0 aliphatic rings. The first kappa shape index (κ1) is 21.1. The number of nitrogens with zero attached hydrogens (tertiary/aromatic N) is 2. The number of aromatic nitrogens is 1. The molecule has 0 fully saturated rings. The molecule has 1 N–H and O–H groups in total. The molecule has 0 spiro atoms. The maximum absolute atomic E-state index is 12.8. The fourth-order valence-electron chi connectivity index (χ4n) is 4.08. The van der Waals surface area contributed by atoms with Crippen LogP contribution in [0.15, 0.2) is 78.5 Å². The van der Waals surface area contributed by atoms with Crippen LogP contribution in [0.4, 0.5) is 5.69 Å². The van der Waals surface area contributed by atoms with E-state index in [1.807, 2.05) is 56.4 Å². The number of nitriles is 1. The normalized spacial score (nSPS) is 11.4. The van der Waals surface area contributed by atoms with E-state index >= 15 is 0 Å². The molecule has 0 atom stereocenters. The summed E-state index contributed by atoms with van der Waals surface area (Å²) < 4.78 is 2.16. The Morgan fingerprint density at radius 1 is 0.969 bits per heavy atom. The van der Waals surface area contributed by atoms with Gasteiger partial charge < -0.3 is 9.88 Å². The third-order valence-corrected chi connectivity index (χ3v) is 5.40. The molecule has 4 nitrogen and oxygen atoms in total. The number of nitrogens with one attached hydrogen (secondary N) is 1. The lowest BCUT2D eigenvalue weighted by atomic mass is 10.1. The van der Waals surface area contributed by atoms with Gasteiger partial charge in [-0.1, -0.05) is 54.1 Å². The Kier molecular flexibility index (Phi) is 5.91.